The van der Waals surface area contributed by atoms with Crippen LogP contribution in [0.3, 0.4) is 0 Å². The fourth-order valence-electron chi connectivity index (χ4n) is 3.23. The fraction of sp³-hybridized carbons (Fsp3) is 0.250. The topological polar surface area (TPSA) is 54.7 Å². The molecule has 5 nitrogen and oxygen atoms in total. The lowest BCUT2D eigenvalue weighted by molar-refractivity contribution is -0.909. The molecule has 0 saturated heterocycles. The van der Waals surface area contributed by atoms with Gasteiger partial charge in [-0.25, -0.2) is 4.98 Å². The molecule has 2 heterocycles. The van der Waals surface area contributed by atoms with Crippen LogP contribution in [0.25, 0.3) is 10.2 Å². The number of fused-ring (bicyclic) bond motifs is 2. The number of amides is 2. The van der Waals surface area contributed by atoms with E-state index in [1.807, 2.05) is 18.2 Å². The summed E-state index contributed by atoms with van der Waals surface area (Å²) in [5, 5.41) is 1.08. The van der Waals surface area contributed by atoms with E-state index in [4.69, 9.17) is 4.98 Å². The Hall–Kier alpha value is -2.57. The summed E-state index contributed by atoms with van der Waals surface area (Å²) in [6, 6.07) is 15.3. The second-order valence-electron chi connectivity index (χ2n) is 6.65. The van der Waals surface area contributed by atoms with Crippen molar-refractivity contribution in [1.29, 1.82) is 0 Å². The monoisotopic (exact) mass is 366 g/mol. The van der Waals surface area contributed by atoms with Gasteiger partial charge in [0, 0.05) is 0 Å². The number of aromatic nitrogens is 1. The molecule has 0 aliphatic carbocycles. The fourth-order valence-corrected chi connectivity index (χ4v) is 4.35. The van der Waals surface area contributed by atoms with Crippen LogP contribution in [0.2, 0.25) is 0 Å². The molecule has 26 heavy (non-hydrogen) atoms. The maximum absolute atomic E-state index is 12.5. The van der Waals surface area contributed by atoms with Crippen molar-refractivity contribution in [2.24, 2.45) is 0 Å². The molecular formula is C20H20N3O2S+. The standard InChI is InChI=1S/C20H19N3O2S/c1-13(18-21-16-9-5-6-10-17(16)26-18)22(2)11-12-23-19(24)14-7-3-4-8-15(14)20(23)25/h3-10,13H,11-12H2,1-2H3/p+1/t13-/m0/s1. The van der Waals surface area contributed by atoms with E-state index >= 15 is 0 Å². The van der Waals surface area contributed by atoms with Gasteiger partial charge in [-0.05, 0) is 31.2 Å². The van der Waals surface area contributed by atoms with Crippen LogP contribution in [0.4, 0.5) is 0 Å². The van der Waals surface area contributed by atoms with Crippen molar-refractivity contribution in [3.8, 4) is 0 Å². The summed E-state index contributed by atoms with van der Waals surface area (Å²) in [7, 11) is 2.08. The van der Waals surface area contributed by atoms with E-state index in [0.29, 0.717) is 24.2 Å². The summed E-state index contributed by atoms with van der Waals surface area (Å²) >= 11 is 1.70. The van der Waals surface area contributed by atoms with Gasteiger partial charge < -0.3 is 4.90 Å². The molecule has 0 bridgehead atoms. The number of nitrogens with zero attached hydrogens (tertiary/aromatic N) is 2. The molecule has 0 saturated carbocycles. The maximum Gasteiger partial charge on any atom is 0.261 e. The first-order chi connectivity index (χ1) is 12.6. The molecule has 1 unspecified atom stereocenters. The molecule has 3 aromatic rings. The Balaban J connectivity index is 1.45. The molecule has 0 fully saturated rings. The average Bonchev–Trinajstić information content (AvgIpc) is 3.20. The smallest absolute Gasteiger partial charge is 0.261 e. The predicted octanol–water partition coefficient (Wildman–Crippen LogP) is 2.17. The Bertz CT molecular complexity index is 929. The molecule has 0 spiro atoms. The average molecular weight is 366 g/mol. The Kier molecular flexibility index (Phi) is 4.30. The zero-order chi connectivity index (χ0) is 18.3. The lowest BCUT2D eigenvalue weighted by Gasteiger charge is -2.22. The molecule has 132 valence electrons. The number of carbonyl (C=O) groups excluding carboxylic acids is 2. The Morgan fingerprint density at radius 1 is 1.04 bits per heavy atom. The Morgan fingerprint density at radius 2 is 1.65 bits per heavy atom. The van der Waals surface area contributed by atoms with Gasteiger partial charge in [0.1, 0.15) is 6.04 Å². The lowest BCUT2D eigenvalue weighted by atomic mass is 10.1. The van der Waals surface area contributed by atoms with Gasteiger partial charge in [0.05, 0.1) is 41.5 Å². The molecule has 2 atom stereocenters. The van der Waals surface area contributed by atoms with Crippen LogP contribution in [0.5, 0.6) is 0 Å². The second-order valence-corrected chi connectivity index (χ2v) is 7.71. The number of hydrogen-bond acceptors (Lipinski definition) is 4. The summed E-state index contributed by atoms with van der Waals surface area (Å²) in [5.74, 6) is -0.378. The predicted molar refractivity (Wildman–Crippen MR) is 102 cm³/mol. The molecular weight excluding hydrogens is 346 g/mol. The van der Waals surface area contributed by atoms with E-state index in [1.165, 1.54) is 14.5 Å². The minimum Gasteiger partial charge on any atom is -0.328 e. The van der Waals surface area contributed by atoms with Crippen molar-refractivity contribution >= 4 is 33.4 Å². The second kappa shape index (κ2) is 6.63. The number of benzene rings is 2. The summed E-state index contributed by atoms with van der Waals surface area (Å²) in [4.78, 5) is 32.2. The number of likely N-dealkylation sites (N-methyl/N-ethyl adjacent to an activating group) is 1. The van der Waals surface area contributed by atoms with E-state index in [9.17, 15) is 9.59 Å². The van der Waals surface area contributed by atoms with E-state index in [-0.39, 0.29) is 17.9 Å². The molecule has 1 aliphatic rings. The van der Waals surface area contributed by atoms with E-state index in [1.54, 1.807) is 35.6 Å². The summed E-state index contributed by atoms with van der Waals surface area (Å²) in [5.41, 5.74) is 2.04. The van der Waals surface area contributed by atoms with Gasteiger partial charge in [0.15, 0.2) is 5.01 Å². The first-order valence-corrected chi connectivity index (χ1v) is 9.51. The largest absolute Gasteiger partial charge is 0.328 e. The quantitative estimate of drug-likeness (QED) is 0.704. The van der Waals surface area contributed by atoms with Crippen LogP contribution in [-0.2, 0) is 0 Å². The van der Waals surface area contributed by atoms with E-state index in [2.05, 4.69) is 20.0 Å². The third-order valence-electron chi connectivity index (χ3n) is 5.03. The highest BCUT2D eigenvalue weighted by molar-refractivity contribution is 7.18. The molecule has 1 N–H and O–H groups in total. The molecule has 2 aromatic carbocycles. The highest BCUT2D eigenvalue weighted by atomic mass is 32.1. The molecule has 4 rings (SSSR count). The van der Waals surface area contributed by atoms with Gasteiger partial charge in [-0.1, -0.05) is 24.3 Å². The number of para-hydroxylation sites is 1. The van der Waals surface area contributed by atoms with Crippen LogP contribution in [0, 0.1) is 0 Å². The normalized spacial score (nSPS) is 16.2. The van der Waals surface area contributed by atoms with Gasteiger partial charge in [-0.15, -0.1) is 11.3 Å². The van der Waals surface area contributed by atoms with Crippen LogP contribution in [0.1, 0.15) is 38.7 Å². The number of rotatable bonds is 5. The minimum atomic E-state index is -0.189. The van der Waals surface area contributed by atoms with E-state index < -0.39 is 0 Å². The van der Waals surface area contributed by atoms with Crippen LogP contribution in [0.15, 0.2) is 48.5 Å². The Labute approximate surface area is 155 Å². The summed E-state index contributed by atoms with van der Waals surface area (Å²) in [6.07, 6.45) is 0. The van der Waals surface area contributed by atoms with Gasteiger partial charge in [0.2, 0.25) is 0 Å². The van der Waals surface area contributed by atoms with E-state index in [0.717, 1.165) is 10.5 Å². The van der Waals surface area contributed by atoms with Crippen molar-refractivity contribution in [2.45, 2.75) is 13.0 Å². The number of carbonyl (C=O) groups is 2. The van der Waals surface area contributed by atoms with Gasteiger partial charge in [0.25, 0.3) is 11.8 Å². The number of quaternary nitrogens is 1. The van der Waals surface area contributed by atoms with Gasteiger partial charge in [-0.2, -0.15) is 0 Å². The first-order valence-electron chi connectivity index (χ1n) is 8.69. The number of hydrogen-bond donors (Lipinski definition) is 1. The lowest BCUT2D eigenvalue weighted by Crippen LogP contribution is -3.09. The van der Waals surface area contributed by atoms with Crippen LogP contribution < -0.4 is 4.90 Å². The zero-order valence-corrected chi connectivity index (χ0v) is 15.5. The molecule has 1 aromatic heterocycles. The molecule has 2 amide bonds. The Morgan fingerprint density at radius 3 is 2.31 bits per heavy atom. The molecule has 6 heteroatoms. The third kappa shape index (κ3) is 2.81. The van der Waals surface area contributed by atoms with Crippen LogP contribution in [-0.4, -0.2) is 41.8 Å². The molecule has 1 aliphatic heterocycles. The maximum atomic E-state index is 12.5. The van der Waals surface area contributed by atoms with Gasteiger partial charge >= 0.3 is 0 Å². The summed E-state index contributed by atoms with van der Waals surface area (Å²) in [6.45, 7) is 3.23. The first kappa shape index (κ1) is 16.9. The number of thiazole rings is 1. The number of nitrogens with one attached hydrogen (secondary N) is 1. The highest BCUT2D eigenvalue weighted by Gasteiger charge is 2.35. The molecule has 0 radical (unpaired) electrons. The van der Waals surface area contributed by atoms with Crippen molar-refractivity contribution < 1.29 is 14.5 Å². The van der Waals surface area contributed by atoms with Crippen molar-refractivity contribution in [3.05, 3.63) is 64.7 Å². The van der Waals surface area contributed by atoms with Crippen molar-refractivity contribution in [1.82, 2.24) is 9.88 Å². The van der Waals surface area contributed by atoms with Crippen molar-refractivity contribution in [3.63, 3.8) is 0 Å². The van der Waals surface area contributed by atoms with Crippen molar-refractivity contribution in [2.75, 3.05) is 20.1 Å². The van der Waals surface area contributed by atoms with Crippen LogP contribution >= 0.6 is 11.3 Å². The third-order valence-corrected chi connectivity index (χ3v) is 6.25. The zero-order valence-electron chi connectivity index (χ0n) is 14.7. The minimum absolute atomic E-state index is 0.189. The highest BCUT2D eigenvalue weighted by Crippen LogP contribution is 2.25. The number of imide groups is 1. The summed E-state index contributed by atoms with van der Waals surface area (Å²) < 4.78 is 1.18. The van der Waals surface area contributed by atoms with Gasteiger partial charge in [-0.3, -0.25) is 14.5 Å². The SMILES string of the molecule is C[C@@H](c1nc2ccccc2s1)[NH+](C)CCN1C(=O)c2ccccc2C1=O.